The van der Waals surface area contributed by atoms with Crippen LogP contribution >= 0.6 is 0 Å². The number of rotatable bonds is 7. The third-order valence-electron chi connectivity index (χ3n) is 4.33. The molecular formula is C14H28N2O2. The summed E-state index contributed by atoms with van der Waals surface area (Å²) in [5.74, 6) is 0.469. The maximum atomic E-state index is 12.2. The highest BCUT2D eigenvalue weighted by Crippen LogP contribution is 2.36. The highest BCUT2D eigenvalue weighted by Gasteiger charge is 2.42. The van der Waals surface area contributed by atoms with Gasteiger partial charge in [-0.15, -0.1) is 0 Å². The molecule has 4 heteroatoms. The van der Waals surface area contributed by atoms with Crippen molar-refractivity contribution < 1.29 is 9.90 Å². The van der Waals surface area contributed by atoms with Crippen LogP contribution in [0.1, 0.15) is 52.4 Å². The van der Waals surface area contributed by atoms with Gasteiger partial charge < -0.3 is 16.2 Å². The van der Waals surface area contributed by atoms with Gasteiger partial charge in [0.25, 0.3) is 0 Å². The molecule has 0 aromatic carbocycles. The highest BCUT2D eigenvalue weighted by atomic mass is 16.3. The quantitative estimate of drug-likeness (QED) is 0.645. The Morgan fingerprint density at radius 3 is 2.78 bits per heavy atom. The van der Waals surface area contributed by atoms with Crippen molar-refractivity contribution in [1.82, 2.24) is 5.32 Å². The average Bonchev–Trinajstić information content (AvgIpc) is 2.68. The molecular weight excluding hydrogens is 228 g/mol. The maximum Gasteiger partial charge on any atom is 0.227 e. The van der Waals surface area contributed by atoms with Crippen LogP contribution in [0.2, 0.25) is 0 Å². The van der Waals surface area contributed by atoms with E-state index < -0.39 is 5.41 Å². The summed E-state index contributed by atoms with van der Waals surface area (Å²) in [6.45, 7) is 4.95. The molecule has 0 aromatic rings. The number of hydrogen-bond acceptors (Lipinski definition) is 3. The Kier molecular flexibility index (Phi) is 6.09. The van der Waals surface area contributed by atoms with Crippen LogP contribution in [-0.4, -0.2) is 30.2 Å². The Balaban J connectivity index is 2.44. The predicted octanol–water partition coefficient (Wildman–Crippen LogP) is 1.42. The summed E-state index contributed by atoms with van der Waals surface area (Å²) in [7, 11) is 0. The monoisotopic (exact) mass is 256 g/mol. The van der Waals surface area contributed by atoms with Gasteiger partial charge in [-0.1, -0.05) is 19.8 Å². The fourth-order valence-corrected chi connectivity index (χ4v) is 2.85. The van der Waals surface area contributed by atoms with Crippen molar-refractivity contribution in [3.05, 3.63) is 0 Å². The highest BCUT2D eigenvalue weighted by molar-refractivity contribution is 5.83. The first kappa shape index (κ1) is 15.4. The molecule has 1 saturated carbocycles. The Labute approximate surface area is 110 Å². The normalized spacial score (nSPS) is 29.2. The lowest BCUT2D eigenvalue weighted by molar-refractivity contribution is -0.130. The van der Waals surface area contributed by atoms with Gasteiger partial charge >= 0.3 is 0 Å². The molecule has 1 rings (SSSR count). The van der Waals surface area contributed by atoms with Gasteiger partial charge in [-0.25, -0.2) is 0 Å². The Hall–Kier alpha value is -0.610. The first-order valence-corrected chi connectivity index (χ1v) is 7.19. The number of amides is 1. The lowest BCUT2D eigenvalue weighted by Crippen LogP contribution is -2.48. The van der Waals surface area contributed by atoms with E-state index in [1.54, 1.807) is 0 Å². The van der Waals surface area contributed by atoms with Gasteiger partial charge in [-0.05, 0) is 38.5 Å². The fraction of sp³-hybridized carbons (Fsp3) is 0.929. The molecule has 1 fully saturated rings. The van der Waals surface area contributed by atoms with Crippen LogP contribution in [0.3, 0.4) is 0 Å². The smallest absolute Gasteiger partial charge is 0.227 e. The molecule has 1 aliphatic carbocycles. The van der Waals surface area contributed by atoms with E-state index in [9.17, 15) is 4.79 Å². The second-order valence-electron chi connectivity index (χ2n) is 5.79. The summed E-state index contributed by atoms with van der Waals surface area (Å²) in [6.07, 6.45) is 5.76. The Bertz CT molecular complexity index is 265. The lowest BCUT2D eigenvalue weighted by atomic mass is 9.84. The van der Waals surface area contributed by atoms with E-state index in [2.05, 4.69) is 12.2 Å². The largest absolute Gasteiger partial charge is 0.396 e. The van der Waals surface area contributed by atoms with Gasteiger partial charge in [0.2, 0.25) is 5.91 Å². The standard InChI is InChI=1S/C14H28N2O2/c1-3-5-11(7-9-17)10-16-13(18)14(2)8-4-6-12(14)15/h11-12,17H,3-10,15H2,1-2H3,(H,16,18). The van der Waals surface area contributed by atoms with E-state index in [1.165, 1.54) is 0 Å². The van der Waals surface area contributed by atoms with Crippen LogP contribution in [0.5, 0.6) is 0 Å². The average molecular weight is 256 g/mol. The summed E-state index contributed by atoms with van der Waals surface area (Å²) >= 11 is 0. The van der Waals surface area contributed by atoms with Gasteiger partial charge in [0.05, 0.1) is 5.41 Å². The van der Waals surface area contributed by atoms with Crippen molar-refractivity contribution >= 4 is 5.91 Å². The number of carbonyl (C=O) groups is 1. The number of carbonyl (C=O) groups excluding carboxylic acids is 1. The van der Waals surface area contributed by atoms with Crippen molar-refractivity contribution in [2.75, 3.05) is 13.2 Å². The van der Waals surface area contributed by atoms with Crippen LogP contribution in [0, 0.1) is 11.3 Å². The second kappa shape index (κ2) is 7.10. The maximum absolute atomic E-state index is 12.2. The van der Waals surface area contributed by atoms with Crippen LogP contribution < -0.4 is 11.1 Å². The number of nitrogens with one attached hydrogen (secondary N) is 1. The van der Waals surface area contributed by atoms with Gasteiger partial charge in [0, 0.05) is 19.2 Å². The Morgan fingerprint density at radius 1 is 1.56 bits per heavy atom. The molecule has 3 unspecified atom stereocenters. The molecule has 106 valence electrons. The molecule has 0 bridgehead atoms. The predicted molar refractivity (Wildman–Crippen MR) is 73.0 cm³/mol. The first-order valence-electron chi connectivity index (χ1n) is 7.19. The minimum atomic E-state index is -0.393. The van der Waals surface area contributed by atoms with Crippen molar-refractivity contribution in [3.8, 4) is 0 Å². The molecule has 18 heavy (non-hydrogen) atoms. The zero-order valence-electron chi connectivity index (χ0n) is 11.7. The van der Waals surface area contributed by atoms with E-state index in [4.69, 9.17) is 10.8 Å². The molecule has 0 saturated heterocycles. The molecule has 1 amide bonds. The third-order valence-corrected chi connectivity index (χ3v) is 4.33. The number of nitrogens with two attached hydrogens (primary N) is 1. The van der Waals surface area contributed by atoms with Crippen LogP contribution in [0.4, 0.5) is 0 Å². The lowest BCUT2D eigenvalue weighted by Gasteiger charge is -2.28. The van der Waals surface area contributed by atoms with Crippen LogP contribution in [0.15, 0.2) is 0 Å². The molecule has 4 nitrogen and oxygen atoms in total. The first-order chi connectivity index (χ1) is 8.54. The summed E-state index contributed by atoms with van der Waals surface area (Å²) in [4.78, 5) is 12.2. The molecule has 0 aliphatic heterocycles. The fourth-order valence-electron chi connectivity index (χ4n) is 2.85. The number of aliphatic hydroxyl groups is 1. The molecule has 3 atom stereocenters. The van der Waals surface area contributed by atoms with Crippen molar-refractivity contribution in [2.45, 2.75) is 58.4 Å². The summed E-state index contributed by atoms with van der Waals surface area (Å²) in [5, 5.41) is 12.0. The van der Waals surface area contributed by atoms with E-state index >= 15 is 0 Å². The van der Waals surface area contributed by atoms with E-state index in [0.717, 1.165) is 38.5 Å². The van der Waals surface area contributed by atoms with Crippen LogP contribution in [0.25, 0.3) is 0 Å². The van der Waals surface area contributed by atoms with E-state index in [1.807, 2.05) is 6.92 Å². The van der Waals surface area contributed by atoms with Gasteiger partial charge in [-0.2, -0.15) is 0 Å². The number of aliphatic hydroxyl groups excluding tert-OH is 1. The zero-order valence-corrected chi connectivity index (χ0v) is 11.7. The summed E-state index contributed by atoms with van der Waals surface area (Å²) in [5.41, 5.74) is 5.64. The van der Waals surface area contributed by atoms with Gasteiger partial charge in [-0.3, -0.25) is 4.79 Å². The van der Waals surface area contributed by atoms with Gasteiger partial charge in [0.15, 0.2) is 0 Å². The molecule has 4 N–H and O–H groups in total. The third kappa shape index (κ3) is 3.69. The van der Waals surface area contributed by atoms with E-state index in [0.29, 0.717) is 12.5 Å². The number of hydrogen-bond donors (Lipinski definition) is 3. The van der Waals surface area contributed by atoms with Crippen molar-refractivity contribution in [3.63, 3.8) is 0 Å². The second-order valence-corrected chi connectivity index (χ2v) is 5.79. The molecule has 0 aromatic heterocycles. The topological polar surface area (TPSA) is 75.3 Å². The SMILES string of the molecule is CCCC(CCO)CNC(=O)C1(C)CCCC1N. The molecule has 0 heterocycles. The van der Waals surface area contributed by atoms with Crippen molar-refractivity contribution in [1.29, 1.82) is 0 Å². The van der Waals surface area contributed by atoms with Crippen LogP contribution in [-0.2, 0) is 4.79 Å². The molecule has 0 spiro atoms. The molecule has 1 aliphatic rings. The minimum absolute atomic E-state index is 0.0139. The summed E-state index contributed by atoms with van der Waals surface area (Å²) < 4.78 is 0. The minimum Gasteiger partial charge on any atom is -0.396 e. The zero-order chi connectivity index (χ0) is 13.6. The Morgan fingerprint density at radius 2 is 2.28 bits per heavy atom. The van der Waals surface area contributed by atoms with Gasteiger partial charge in [0.1, 0.15) is 0 Å². The summed E-state index contributed by atoms with van der Waals surface area (Å²) in [6, 6.07) is -0.0139. The molecule has 0 radical (unpaired) electrons. The van der Waals surface area contributed by atoms with E-state index in [-0.39, 0.29) is 18.6 Å². The van der Waals surface area contributed by atoms with Crippen molar-refractivity contribution in [2.24, 2.45) is 17.1 Å².